The van der Waals surface area contributed by atoms with Gasteiger partial charge in [-0.05, 0) is 55.5 Å². The molecule has 2 aromatic heterocycles. The number of anilines is 2. The summed E-state index contributed by atoms with van der Waals surface area (Å²) in [5, 5.41) is 14.8. The maximum atomic E-state index is 12.5. The minimum Gasteiger partial charge on any atom is -0.326 e. The minimum atomic E-state index is -0.159. The summed E-state index contributed by atoms with van der Waals surface area (Å²) in [5.41, 5.74) is 5.90. The summed E-state index contributed by atoms with van der Waals surface area (Å²) in [5.74, 6) is -0.416. The van der Waals surface area contributed by atoms with Crippen molar-refractivity contribution in [2.75, 3.05) is 10.6 Å². The molecule has 0 saturated heterocycles. The lowest BCUT2D eigenvalue weighted by Crippen LogP contribution is -2.20. The molecular weight excluding hydrogens is 414 g/mol. The van der Waals surface area contributed by atoms with Crippen LogP contribution < -0.4 is 10.6 Å². The van der Waals surface area contributed by atoms with E-state index in [4.69, 9.17) is 10.2 Å². The zero-order chi connectivity index (χ0) is 24.0. The van der Waals surface area contributed by atoms with E-state index in [0.29, 0.717) is 16.9 Å². The van der Waals surface area contributed by atoms with E-state index in [-0.39, 0.29) is 30.6 Å². The van der Waals surface area contributed by atoms with Crippen molar-refractivity contribution >= 4 is 28.8 Å². The maximum absolute atomic E-state index is 12.5. The summed E-state index contributed by atoms with van der Waals surface area (Å²) < 4.78 is 2.08. The molecule has 0 spiro atoms. The number of rotatable bonds is 9. The van der Waals surface area contributed by atoms with Crippen LogP contribution in [-0.4, -0.2) is 21.2 Å². The summed E-state index contributed by atoms with van der Waals surface area (Å²) in [4.78, 5) is 29.7. The van der Waals surface area contributed by atoms with Gasteiger partial charge >= 0.3 is 0 Å². The summed E-state index contributed by atoms with van der Waals surface area (Å²) >= 11 is 0. The Balaban J connectivity index is 1.56. The molecule has 2 N–H and O–H groups in total. The molecule has 172 valence electrons. The van der Waals surface area contributed by atoms with Crippen molar-refractivity contribution in [3.05, 3.63) is 59.0 Å². The van der Waals surface area contributed by atoms with Gasteiger partial charge in [0.15, 0.2) is 0 Å². The van der Waals surface area contributed by atoms with Gasteiger partial charge in [0.2, 0.25) is 11.8 Å². The first-order chi connectivity index (χ1) is 15.8. The van der Waals surface area contributed by atoms with Crippen LogP contribution in [0.4, 0.5) is 11.4 Å². The average Bonchev–Trinajstić information content (AvgIpc) is 3.10. The van der Waals surface area contributed by atoms with E-state index in [1.54, 1.807) is 18.2 Å². The van der Waals surface area contributed by atoms with Crippen LogP contribution in [0.1, 0.15) is 62.5 Å². The van der Waals surface area contributed by atoms with E-state index in [2.05, 4.69) is 35.0 Å². The fourth-order valence-corrected chi connectivity index (χ4v) is 4.03. The van der Waals surface area contributed by atoms with Gasteiger partial charge in [-0.2, -0.15) is 5.26 Å². The van der Waals surface area contributed by atoms with Crippen molar-refractivity contribution in [1.29, 1.82) is 5.26 Å². The first-order valence-corrected chi connectivity index (χ1v) is 11.4. The lowest BCUT2D eigenvalue weighted by molar-refractivity contribution is -0.118. The quantitative estimate of drug-likeness (QED) is 0.483. The molecule has 1 unspecified atom stereocenters. The standard InChI is InChI=1S/C26H31N5O2/c1-5-7-22-23(6-2)31-11-10-21(15-24(31)30-22)29-26(33)13-17(3)12-25(32)28-20-9-8-19(16-27)18(4)14-20/h8-11,14-15,17H,5-7,12-13H2,1-4H3,(H,28,32)(H,29,33). The van der Waals surface area contributed by atoms with Crippen LogP contribution in [0.2, 0.25) is 0 Å². The predicted molar refractivity (Wildman–Crippen MR) is 130 cm³/mol. The van der Waals surface area contributed by atoms with Gasteiger partial charge in [0, 0.05) is 42.2 Å². The van der Waals surface area contributed by atoms with Crippen molar-refractivity contribution in [2.24, 2.45) is 5.92 Å². The summed E-state index contributed by atoms with van der Waals surface area (Å²) in [6.07, 6.45) is 5.30. The Kier molecular flexibility index (Phi) is 7.83. The number of amides is 2. The number of aryl methyl sites for hydroxylation is 3. The molecule has 2 amide bonds. The number of fused-ring (bicyclic) bond motifs is 1. The predicted octanol–water partition coefficient (Wildman–Crippen LogP) is 5.02. The lowest BCUT2D eigenvalue weighted by atomic mass is 10.0. The number of nitrogens with zero attached hydrogens (tertiary/aromatic N) is 3. The van der Waals surface area contributed by atoms with Gasteiger partial charge in [-0.1, -0.05) is 27.2 Å². The molecule has 3 aromatic rings. The number of imidazole rings is 1. The Hall–Kier alpha value is -3.66. The summed E-state index contributed by atoms with van der Waals surface area (Å²) in [6.45, 7) is 7.97. The van der Waals surface area contributed by atoms with E-state index in [1.165, 1.54) is 5.69 Å². The third-order valence-electron chi connectivity index (χ3n) is 5.61. The fraction of sp³-hybridized carbons (Fsp3) is 0.385. The van der Waals surface area contributed by atoms with Crippen LogP contribution in [0.3, 0.4) is 0 Å². The molecule has 0 radical (unpaired) electrons. The number of carbonyl (C=O) groups is 2. The molecule has 2 heterocycles. The monoisotopic (exact) mass is 445 g/mol. The van der Waals surface area contributed by atoms with Crippen LogP contribution in [0, 0.1) is 24.2 Å². The van der Waals surface area contributed by atoms with Crippen molar-refractivity contribution < 1.29 is 9.59 Å². The Labute approximate surface area is 194 Å². The van der Waals surface area contributed by atoms with E-state index < -0.39 is 0 Å². The highest BCUT2D eigenvalue weighted by atomic mass is 16.2. The van der Waals surface area contributed by atoms with E-state index in [0.717, 1.165) is 36.2 Å². The number of benzene rings is 1. The molecule has 3 rings (SSSR count). The number of nitrogens with one attached hydrogen (secondary N) is 2. The van der Waals surface area contributed by atoms with Crippen LogP contribution in [0.15, 0.2) is 36.5 Å². The molecule has 7 nitrogen and oxygen atoms in total. The van der Waals surface area contributed by atoms with Gasteiger partial charge in [-0.25, -0.2) is 4.98 Å². The minimum absolute atomic E-state index is 0.123. The normalized spacial score (nSPS) is 11.7. The smallest absolute Gasteiger partial charge is 0.224 e. The molecule has 1 atom stereocenters. The van der Waals surface area contributed by atoms with Gasteiger partial charge in [0.05, 0.1) is 17.3 Å². The molecule has 33 heavy (non-hydrogen) atoms. The number of nitriles is 1. The number of carbonyl (C=O) groups excluding carboxylic acids is 2. The Bertz CT molecular complexity index is 1210. The fourth-order valence-electron chi connectivity index (χ4n) is 4.03. The zero-order valence-electron chi connectivity index (χ0n) is 19.7. The second-order valence-electron chi connectivity index (χ2n) is 8.50. The van der Waals surface area contributed by atoms with Crippen LogP contribution >= 0.6 is 0 Å². The third kappa shape index (κ3) is 5.98. The highest BCUT2D eigenvalue weighted by molar-refractivity contribution is 5.93. The molecule has 0 bridgehead atoms. The molecule has 0 aliphatic heterocycles. The number of hydrogen-bond acceptors (Lipinski definition) is 4. The van der Waals surface area contributed by atoms with E-state index in [1.807, 2.05) is 32.2 Å². The van der Waals surface area contributed by atoms with Crippen molar-refractivity contribution in [3.63, 3.8) is 0 Å². The summed E-state index contributed by atoms with van der Waals surface area (Å²) in [7, 11) is 0. The van der Waals surface area contributed by atoms with Gasteiger partial charge in [-0.3, -0.25) is 9.59 Å². The summed E-state index contributed by atoms with van der Waals surface area (Å²) in [6, 6.07) is 11.1. The molecule has 0 fully saturated rings. The number of pyridine rings is 1. The highest BCUT2D eigenvalue weighted by Gasteiger charge is 2.15. The SMILES string of the molecule is CCCc1nc2cc(NC(=O)CC(C)CC(=O)Nc3ccc(C#N)c(C)c3)ccn2c1CC. The molecular formula is C26H31N5O2. The van der Waals surface area contributed by atoms with Gasteiger partial charge in [0.1, 0.15) is 5.65 Å². The van der Waals surface area contributed by atoms with Crippen molar-refractivity contribution in [3.8, 4) is 6.07 Å². The molecule has 0 aliphatic rings. The van der Waals surface area contributed by atoms with Crippen molar-refractivity contribution in [1.82, 2.24) is 9.38 Å². The average molecular weight is 446 g/mol. The molecule has 7 heteroatoms. The van der Waals surface area contributed by atoms with Gasteiger partial charge in [0.25, 0.3) is 0 Å². The van der Waals surface area contributed by atoms with Crippen molar-refractivity contribution in [2.45, 2.75) is 59.8 Å². The van der Waals surface area contributed by atoms with E-state index in [9.17, 15) is 9.59 Å². The van der Waals surface area contributed by atoms with Crippen LogP contribution in [0.25, 0.3) is 5.65 Å². The van der Waals surface area contributed by atoms with Crippen LogP contribution in [-0.2, 0) is 22.4 Å². The zero-order valence-corrected chi connectivity index (χ0v) is 19.7. The van der Waals surface area contributed by atoms with Crippen LogP contribution in [0.5, 0.6) is 0 Å². The largest absolute Gasteiger partial charge is 0.326 e. The topological polar surface area (TPSA) is 99.3 Å². The van der Waals surface area contributed by atoms with Gasteiger partial charge < -0.3 is 15.0 Å². The molecule has 0 saturated carbocycles. The Morgan fingerprint density at radius 2 is 1.76 bits per heavy atom. The lowest BCUT2D eigenvalue weighted by Gasteiger charge is -2.13. The number of hydrogen-bond donors (Lipinski definition) is 2. The Morgan fingerprint density at radius 3 is 2.33 bits per heavy atom. The van der Waals surface area contributed by atoms with Gasteiger partial charge in [-0.15, -0.1) is 0 Å². The highest BCUT2D eigenvalue weighted by Crippen LogP contribution is 2.20. The first-order valence-electron chi connectivity index (χ1n) is 11.4. The van der Waals surface area contributed by atoms with E-state index >= 15 is 0 Å². The molecule has 0 aliphatic carbocycles. The second kappa shape index (κ2) is 10.8. The molecule has 1 aromatic carbocycles. The third-order valence-corrected chi connectivity index (χ3v) is 5.61. The maximum Gasteiger partial charge on any atom is 0.224 e. The second-order valence-corrected chi connectivity index (χ2v) is 8.50. The first kappa shape index (κ1) is 24.0. The number of aromatic nitrogens is 2. The Morgan fingerprint density at radius 1 is 1.09 bits per heavy atom.